The summed E-state index contributed by atoms with van der Waals surface area (Å²) in [6.45, 7) is 3.36. The third kappa shape index (κ3) is 18.1. The molecule has 0 rings (SSSR count). The number of amides is 1. The summed E-state index contributed by atoms with van der Waals surface area (Å²) in [6.07, 6.45) is 13.8. The Kier molecular flexibility index (Phi) is 14.0. The Bertz CT molecular complexity index is 464. The van der Waals surface area contributed by atoms with Crippen molar-refractivity contribution in [2.45, 2.75) is 84.0 Å². The summed E-state index contributed by atoms with van der Waals surface area (Å²) in [4.78, 5) is 11.8. The van der Waals surface area contributed by atoms with Crippen LogP contribution in [-0.2, 0) is 14.9 Å². The number of rotatable bonds is 17. The van der Waals surface area contributed by atoms with Crippen LogP contribution in [0.1, 0.15) is 84.0 Å². The fourth-order valence-corrected chi connectivity index (χ4v) is 4.11. The molecule has 0 spiro atoms. The highest BCUT2D eigenvalue weighted by Gasteiger charge is 2.22. The third-order valence-corrected chi connectivity index (χ3v) is 5.56. The van der Waals surface area contributed by atoms with Crippen LogP contribution in [0.15, 0.2) is 0 Å². The van der Waals surface area contributed by atoms with Crippen molar-refractivity contribution < 1.29 is 22.2 Å². The largest absolute Gasteiger partial charge is 0.356 e. The second kappa shape index (κ2) is 14.4. The molecule has 0 aromatic heterocycles. The van der Waals surface area contributed by atoms with Crippen molar-refractivity contribution in [1.29, 1.82) is 0 Å². The second-order valence-corrected chi connectivity index (χ2v) is 9.43. The maximum atomic E-state index is 11.8. The molecule has 156 valence electrons. The predicted octanol–water partition coefficient (Wildman–Crippen LogP) is 3.73. The minimum absolute atomic E-state index is 0.0738. The number of carbonyl (C=O) groups is 1. The van der Waals surface area contributed by atoms with Crippen LogP contribution in [-0.4, -0.2) is 56.4 Å². The average molecular weight is 394 g/mol. The zero-order chi connectivity index (χ0) is 19.9. The van der Waals surface area contributed by atoms with Crippen LogP contribution >= 0.6 is 0 Å². The molecule has 7 heteroatoms. The van der Waals surface area contributed by atoms with Crippen LogP contribution in [0.25, 0.3) is 0 Å². The number of nitrogens with zero attached hydrogens (tertiary/aromatic N) is 1. The fourth-order valence-electron chi connectivity index (χ4n) is 3.10. The molecule has 0 radical (unpaired) electrons. The molecule has 0 aliphatic rings. The molecule has 0 aromatic rings. The molecular weight excluding hydrogens is 352 g/mol. The van der Waals surface area contributed by atoms with Crippen LogP contribution in [0.3, 0.4) is 0 Å². The van der Waals surface area contributed by atoms with Crippen molar-refractivity contribution in [2.75, 3.05) is 33.1 Å². The van der Waals surface area contributed by atoms with E-state index < -0.39 is 10.1 Å². The number of nitrogens with one attached hydrogen (secondary N) is 1. The van der Waals surface area contributed by atoms with E-state index in [1.165, 1.54) is 51.4 Å². The van der Waals surface area contributed by atoms with E-state index >= 15 is 0 Å². The average Bonchev–Trinajstić information content (AvgIpc) is 2.51. The van der Waals surface area contributed by atoms with Crippen LogP contribution < -0.4 is 5.32 Å². The van der Waals surface area contributed by atoms with E-state index in [1.807, 2.05) is 0 Å². The van der Waals surface area contributed by atoms with Crippen molar-refractivity contribution in [2.24, 2.45) is 0 Å². The molecule has 0 saturated carbocycles. The second-order valence-electron chi connectivity index (χ2n) is 8.01. The Hall–Kier alpha value is -0.660. The molecular formula is C19H41N2O4S+. The van der Waals surface area contributed by atoms with Crippen molar-refractivity contribution in [1.82, 2.24) is 5.32 Å². The number of carbonyl (C=O) groups excluding carboxylic acids is 1. The van der Waals surface area contributed by atoms with Gasteiger partial charge in [-0.3, -0.25) is 9.35 Å². The first-order valence-electron chi connectivity index (χ1n) is 10.2. The Morgan fingerprint density at radius 3 is 1.88 bits per heavy atom. The summed E-state index contributed by atoms with van der Waals surface area (Å²) in [5.74, 6) is -0.232. The third-order valence-electron chi connectivity index (χ3n) is 4.53. The smallest absolute Gasteiger partial charge is 0.316 e. The molecule has 6 nitrogen and oxygen atoms in total. The van der Waals surface area contributed by atoms with E-state index in [1.54, 1.807) is 14.1 Å². The predicted molar refractivity (Wildman–Crippen MR) is 107 cm³/mol. The van der Waals surface area contributed by atoms with Gasteiger partial charge in [0, 0.05) is 19.4 Å². The molecule has 2 N–H and O–H groups in total. The highest BCUT2D eigenvalue weighted by Crippen LogP contribution is 2.11. The maximum Gasteiger partial charge on any atom is 0.316 e. The van der Waals surface area contributed by atoms with Gasteiger partial charge in [-0.15, -0.1) is 0 Å². The Labute approximate surface area is 161 Å². The molecule has 0 saturated heterocycles. The lowest BCUT2D eigenvalue weighted by molar-refractivity contribution is -0.878. The van der Waals surface area contributed by atoms with Crippen molar-refractivity contribution in [3.05, 3.63) is 0 Å². The van der Waals surface area contributed by atoms with Crippen LogP contribution in [0, 0.1) is 0 Å². The maximum absolute atomic E-state index is 11.8. The van der Waals surface area contributed by atoms with Gasteiger partial charge in [0.1, 0.15) is 0 Å². The normalized spacial score (nSPS) is 12.3. The number of hydrogen-bond acceptors (Lipinski definition) is 3. The first kappa shape index (κ1) is 25.3. The molecule has 1 amide bonds. The van der Waals surface area contributed by atoms with Gasteiger partial charge in [-0.25, -0.2) is 0 Å². The minimum Gasteiger partial charge on any atom is -0.356 e. The quantitative estimate of drug-likeness (QED) is 0.224. The van der Waals surface area contributed by atoms with Gasteiger partial charge in [0.15, 0.2) is 0 Å². The Balaban J connectivity index is 3.50. The van der Waals surface area contributed by atoms with Crippen molar-refractivity contribution in [3.63, 3.8) is 0 Å². The molecule has 0 atom stereocenters. The van der Waals surface area contributed by atoms with E-state index in [-0.39, 0.29) is 16.3 Å². The van der Waals surface area contributed by atoms with E-state index in [0.29, 0.717) is 25.9 Å². The van der Waals surface area contributed by atoms with Gasteiger partial charge < -0.3 is 9.80 Å². The summed E-state index contributed by atoms with van der Waals surface area (Å²) < 4.78 is 31.0. The molecule has 0 unspecified atom stereocenters. The standard InChI is InChI=1S/C19H40N2O4S/c1-4-5-6-7-8-9-10-11-12-13-15-19(22)20-16-14-17-21(2,3)18-26(23,24)25/h4-18H2,1-3H3,(H-,20,22,23,24,25)/p+1. The summed E-state index contributed by atoms with van der Waals surface area (Å²) in [5.41, 5.74) is 0. The lowest BCUT2D eigenvalue weighted by Crippen LogP contribution is -2.45. The fraction of sp³-hybridized carbons (Fsp3) is 0.947. The summed E-state index contributed by atoms with van der Waals surface area (Å²) >= 11 is 0. The SMILES string of the molecule is CCCCCCCCCCCCC(=O)NCCC[N+](C)(C)CS(=O)(=O)O. The summed E-state index contributed by atoms with van der Waals surface area (Å²) in [7, 11) is -0.480. The van der Waals surface area contributed by atoms with E-state index in [2.05, 4.69) is 12.2 Å². The first-order valence-corrected chi connectivity index (χ1v) is 11.8. The summed E-state index contributed by atoms with van der Waals surface area (Å²) in [5, 5.41) is 2.89. The Morgan fingerprint density at radius 1 is 0.885 bits per heavy atom. The van der Waals surface area contributed by atoms with Gasteiger partial charge in [0.05, 0.1) is 20.6 Å². The van der Waals surface area contributed by atoms with Gasteiger partial charge in [0.25, 0.3) is 0 Å². The van der Waals surface area contributed by atoms with Crippen molar-refractivity contribution in [3.8, 4) is 0 Å². The lowest BCUT2D eigenvalue weighted by Gasteiger charge is -2.27. The topological polar surface area (TPSA) is 83.5 Å². The van der Waals surface area contributed by atoms with Crippen LogP contribution in [0.4, 0.5) is 0 Å². The molecule has 0 heterocycles. The van der Waals surface area contributed by atoms with Gasteiger partial charge in [-0.2, -0.15) is 8.42 Å². The highest BCUT2D eigenvalue weighted by molar-refractivity contribution is 7.85. The number of quaternary nitrogens is 1. The van der Waals surface area contributed by atoms with E-state index in [9.17, 15) is 13.2 Å². The number of unbranched alkanes of at least 4 members (excludes halogenated alkanes) is 9. The Morgan fingerprint density at radius 2 is 1.38 bits per heavy atom. The van der Waals surface area contributed by atoms with Gasteiger partial charge >= 0.3 is 10.1 Å². The van der Waals surface area contributed by atoms with Gasteiger partial charge in [-0.1, -0.05) is 64.7 Å². The van der Waals surface area contributed by atoms with Gasteiger partial charge in [-0.05, 0) is 6.42 Å². The van der Waals surface area contributed by atoms with E-state index in [4.69, 9.17) is 4.55 Å². The lowest BCUT2D eigenvalue weighted by atomic mass is 10.1. The monoisotopic (exact) mass is 393 g/mol. The zero-order valence-corrected chi connectivity index (χ0v) is 18.0. The highest BCUT2D eigenvalue weighted by atomic mass is 32.2. The molecule has 0 bridgehead atoms. The molecule has 0 aliphatic heterocycles. The molecule has 0 aromatic carbocycles. The first-order chi connectivity index (χ1) is 12.2. The van der Waals surface area contributed by atoms with Crippen LogP contribution in [0.2, 0.25) is 0 Å². The number of hydrogen-bond donors (Lipinski definition) is 2. The van der Waals surface area contributed by atoms with Crippen molar-refractivity contribution >= 4 is 16.0 Å². The zero-order valence-electron chi connectivity index (χ0n) is 17.1. The minimum atomic E-state index is -3.98. The molecule has 0 fully saturated rings. The van der Waals surface area contributed by atoms with E-state index in [0.717, 1.165) is 12.8 Å². The molecule has 0 aliphatic carbocycles. The molecule has 26 heavy (non-hydrogen) atoms. The van der Waals surface area contributed by atoms with Gasteiger partial charge in [0.2, 0.25) is 11.8 Å². The van der Waals surface area contributed by atoms with Crippen LogP contribution in [0.5, 0.6) is 0 Å². The summed E-state index contributed by atoms with van der Waals surface area (Å²) in [6, 6.07) is 0.